The highest BCUT2D eigenvalue weighted by atomic mass is 19.4. The third-order valence-corrected chi connectivity index (χ3v) is 6.82. The number of benzene rings is 1. The molecule has 2 atom stereocenters. The van der Waals surface area contributed by atoms with Crippen molar-refractivity contribution in [2.45, 2.75) is 96.7 Å². The minimum atomic E-state index is -4.68. The zero-order valence-corrected chi connectivity index (χ0v) is 24.3. The van der Waals surface area contributed by atoms with Gasteiger partial charge in [-0.2, -0.15) is 18.2 Å². The molecule has 2 saturated heterocycles. The zero-order valence-electron chi connectivity index (χ0n) is 24.3. The minimum Gasteiger partial charge on any atom is -0.491 e. The third-order valence-electron chi connectivity index (χ3n) is 6.82. The summed E-state index contributed by atoms with van der Waals surface area (Å²) in [6.45, 7) is 12.6. The Balaban J connectivity index is 1.62. The van der Waals surface area contributed by atoms with Gasteiger partial charge in [-0.3, -0.25) is 9.36 Å². The van der Waals surface area contributed by atoms with Crippen LogP contribution in [0.25, 0.3) is 0 Å². The number of amides is 2. The van der Waals surface area contributed by atoms with Crippen LogP contribution in [-0.2, 0) is 27.6 Å². The van der Waals surface area contributed by atoms with Crippen LogP contribution >= 0.6 is 0 Å². The Morgan fingerprint density at radius 3 is 2.39 bits per heavy atom. The van der Waals surface area contributed by atoms with Crippen LogP contribution in [0.3, 0.4) is 0 Å². The molecule has 2 amide bonds. The Bertz CT molecular complexity index is 1330. The summed E-state index contributed by atoms with van der Waals surface area (Å²) in [5, 5.41) is 0. The standard InChI is InChI=1S/C29H38F3N3O6/c1-27(2,3)23-16-34(15-20-8-7-13-38-20)25(40-23)33-24(36)21-14-18(29(30,31)32)9-10-22(21)39-17-19-11-12-35(19)26(37)41-28(4,5)6/h9-10,14,16,19-20H,7-8,11-13,15,17H2,1-6H3/b33-25-/t19-,20+/m0/s1. The summed E-state index contributed by atoms with van der Waals surface area (Å²) in [6.07, 6.45) is -1.14. The zero-order chi connectivity index (χ0) is 30.2. The first-order valence-electron chi connectivity index (χ1n) is 13.8. The van der Waals surface area contributed by atoms with Crippen LogP contribution in [0.1, 0.15) is 82.5 Å². The van der Waals surface area contributed by atoms with Gasteiger partial charge < -0.3 is 23.5 Å². The molecule has 0 radical (unpaired) electrons. The molecule has 1 aromatic heterocycles. The predicted molar refractivity (Wildman–Crippen MR) is 143 cm³/mol. The second-order valence-corrected chi connectivity index (χ2v) is 12.5. The van der Waals surface area contributed by atoms with E-state index in [4.69, 9.17) is 18.6 Å². The summed E-state index contributed by atoms with van der Waals surface area (Å²) < 4.78 is 65.3. The van der Waals surface area contributed by atoms with Crippen molar-refractivity contribution in [1.29, 1.82) is 0 Å². The normalized spacial score (nSPS) is 20.2. The highest BCUT2D eigenvalue weighted by Crippen LogP contribution is 2.33. The van der Waals surface area contributed by atoms with E-state index in [1.165, 1.54) is 4.90 Å². The van der Waals surface area contributed by atoms with E-state index in [1.54, 1.807) is 31.5 Å². The molecule has 0 bridgehead atoms. The average Bonchev–Trinajstić information content (AvgIpc) is 3.47. The lowest BCUT2D eigenvalue weighted by Gasteiger charge is -2.41. The van der Waals surface area contributed by atoms with Crippen LogP contribution in [0.4, 0.5) is 18.0 Å². The van der Waals surface area contributed by atoms with E-state index in [0.717, 1.165) is 31.0 Å². The van der Waals surface area contributed by atoms with Crippen molar-refractivity contribution in [2.75, 3.05) is 19.8 Å². The highest BCUT2D eigenvalue weighted by molar-refractivity contribution is 5.97. The van der Waals surface area contributed by atoms with Crippen LogP contribution < -0.4 is 10.4 Å². The molecule has 0 saturated carbocycles. The van der Waals surface area contributed by atoms with Gasteiger partial charge >= 0.3 is 18.0 Å². The van der Waals surface area contributed by atoms with Crippen molar-refractivity contribution >= 4 is 12.0 Å². The van der Waals surface area contributed by atoms with Crippen molar-refractivity contribution in [2.24, 2.45) is 4.99 Å². The van der Waals surface area contributed by atoms with Gasteiger partial charge in [0.1, 0.15) is 23.7 Å². The van der Waals surface area contributed by atoms with Crippen molar-refractivity contribution < 1.29 is 41.4 Å². The van der Waals surface area contributed by atoms with Crippen LogP contribution in [-0.4, -0.2) is 59.0 Å². The summed E-state index contributed by atoms with van der Waals surface area (Å²) in [4.78, 5) is 31.5. The molecule has 0 aliphatic carbocycles. The molecule has 1 aromatic carbocycles. The van der Waals surface area contributed by atoms with Crippen molar-refractivity contribution in [3.8, 4) is 5.75 Å². The Labute approximate surface area is 237 Å². The van der Waals surface area contributed by atoms with Crippen LogP contribution in [0.2, 0.25) is 0 Å². The fourth-order valence-corrected chi connectivity index (χ4v) is 4.46. The van der Waals surface area contributed by atoms with Gasteiger partial charge in [0.05, 0.1) is 29.8 Å². The number of nitrogens with zero attached hydrogens (tertiary/aromatic N) is 3. The molecule has 9 nitrogen and oxygen atoms in total. The van der Waals surface area contributed by atoms with Crippen LogP contribution in [0.5, 0.6) is 5.75 Å². The Kier molecular flexibility index (Phi) is 8.63. The van der Waals surface area contributed by atoms with E-state index >= 15 is 0 Å². The van der Waals surface area contributed by atoms with Crippen molar-refractivity contribution in [1.82, 2.24) is 9.47 Å². The molecule has 2 aliphatic rings. The van der Waals surface area contributed by atoms with E-state index in [-0.39, 0.29) is 35.8 Å². The first kappa shape index (κ1) is 30.7. The topological polar surface area (TPSA) is 95.5 Å². The molecular formula is C29H38F3N3O6. The number of halogens is 3. The monoisotopic (exact) mass is 581 g/mol. The largest absolute Gasteiger partial charge is 0.491 e. The number of alkyl halides is 3. The minimum absolute atomic E-state index is 0.0289. The van der Waals surface area contributed by atoms with Gasteiger partial charge in [-0.15, -0.1) is 0 Å². The summed E-state index contributed by atoms with van der Waals surface area (Å²) in [5.74, 6) is -0.453. The summed E-state index contributed by atoms with van der Waals surface area (Å²) >= 11 is 0. The Hall–Kier alpha value is -3.28. The second-order valence-electron chi connectivity index (χ2n) is 12.5. The number of rotatable bonds is 6. The molecule has 0 unspecified atom stereocenters. The van der Waals surface area contributed by atoms with Gasteiger partial charge in [0.25, 0.3) is 5.91 Å². The molecule has 226 valence electrons. The number of likely N-dealkylation sites (tertiary alicyclic amines) is 1. The highest BCUT2D eigenvalue weighted by Gasteiger charge is 2.37. The molecule has 4 rings (SSSR count). The molecule has 0 spiro atoms. The first-order valence-corrected chi connectivity index (χ1v) is 13.8. The summed E-state index contributed by atoms with van der Waals surface area (Å²) in [6, 6.07) is 2.33. The van der Waals surface area contributed by atoms with E-state index < -0.39 is 34.8 Å². The lowest BCUT2D eigenvalue weighted by Crippen LogP contribution is -2.55. The maximum atomic E-state index is 13.6. The number of ether oxygens (including phenoxy) is 3. The number of aromatic nitrogens is 1. The van der Waals surface area contributed by atoms with E-state index in [9.17, 15) is 22.8 Å². The third kappa shape index (κ3) is 7.72. The van der Waals surface area contributed by atoms with Gasteiger partial charge in [-0.25, -0.2) is 4.79 Å². The molecule has 12 heteroatoms. The average molecular weight is 582 g/mol. The number of oxazole rings is 1. The summed E-state index contributed by atoms with van der Waals surface area (Å²) in [5.41, 5.74) is -2.48. The Morgan fingerprint density at radius 1 is 1.10 bits per heavy atom. The second kappa shape index (κ2) is 11.5. The molecule has 2 aliphatic heterocycles. The van der Waals surface area contributed by atoms with Gasteiger partial charge in [0, 0.05) is 24.8 Å². The summed E-state index contributed by atoms with van der Waals surface area (Å²) in [7, 11) is 0. The Morgan fingerprint density at radius 2 is 1.83 bits per heavy atom. The van der Waals surface area contributed by atoms with E-state index in [2.05, 4.69) is 4.99 Å². The fraction of sp³-hybridized carbons (Fsp3) is 0.621. The van der Waals surface area contributed by atoms with E-state index in [0.29, 0.717) is 31.9 Å². The molecular weight excluding hydrogens is 543 g/mol. The lowest BCUT2D eigenvalue weighted by molar-refractivity contribution is -0.137. The van der Waals surface area contributed by atoms with Gasteiger partial charge in [-0.1, -0.05) is 20.8 Å². The molecule has 3 heterocycles. The molecule has 2 aromatic rings. The SMILES string of the molecule is CC(C)(C)OC(=O)N1CC[C@H]1COc1ccc(C(F)(F)F)cc1C(=O)/N=c1\oc(C(C)(C)C)cn1C[C@H]1CCCO1. The number of hydrogen-bond acceptors (Lipinski definition) is 6. The molecule has 0 N–H and O–H groups in total. The predicted octanol–water partition coefficient (Wildman–Crippen LogP) is 5.71. The molecule has 2 fully saturated rings. The first-order chi connectivity index (χ1) is 19.0. The maximum absolute atomic E-state index is 13.6. The van der Waals surface area contributed by atoms with Crippen molar-refractivity contribution in [3.63, 3.8) is 0 Å². The number of carbonyl (C=O) groups is 2. The van der Waals surface area contributed by atoms with E-state index in [1.807, 2.05) is 20.8 Å². The number of hydrogen-bond donors (Lipinski definition) is 0. The molecule has 41 heavy (non-hydrogen) atoms. The van der Waals surface area contributed by atoms with Crippen LogP contribution in [0.15, 0.2) is 33.8 Å². The van der Waals surface area contributed by atoms with Gasteiger partial charge in [-0.05, 0) is 58.2 Å². The lowest BCUT2D eigenvalue weighted by atomic mass is 9.94. The number of carbonyl (C=O) groups excluding carboxylic acids is 2. The maximum Gasteiger partial charge on any atom is 0.416 e. The van der Waals surface area contributed by atoms with Gasteiger partial charge in [0.15, 0.2) is 0 Å². The quantitative estimate of drug-likeness (QED) is 0.434. The fourth-order valence-electron chi connectivity index (χ4n) is 4.46. The van der Waals surface area contributed by atoms with Gasteiger partial charge in [0.2, 0.25) is 0 Å². The van der Waals surface area contributed by atoms with Crippen molar-refractivity contribution in [3.05, 3.63) is 47.0 Å². The van der Waals surface area contributed by atoms with Crippen LogP contribution in [0, 0.1) is 0 Å². The smallest absolute Gasteiger partial charge is 0.416 e.